The second kappa shape index (κ2) is 5.56. The van der Waals surface area contributed by atoms with E-state index in [1.807, 2.05) is 26.0 Å². The first-order valence-electron chi connectivity index (χ1n) is 7.51. The standard InChI is InChI=1S/C16H24F2N2O2/c1-11-6-7-12(2)20(11)13-8-9-19(10-16(13,17)18)14(21)22-15(3,4)5/h6-7,13H,8-10H2,1-5H3. The highest BCUT2D eigenvalue weighted by molar-refractivity contribution is 5.68. The Balaban J connectivity index is 2.15. The summed E-state index contributed by atoms with van der Waals surface area (Å²) in [5.41, 5.74) is 0.942. The molecule has 1 aromatic heterocycles. The van der Waals surface area contributed by atoms with E-state index in [1.54, 1.807) is 25.3 Å². The Morgan fingerprint density at radius 2 is 1.82 bits per heavy atom. The van der Waals surface area contributed by atoms with Gasteiger partial charge in [-0.3, -0.25) is 0 Å². The molecular formula is C16H24F2N2O2. The number of carbonyl (C=O) groups is 1. The van der Waals surface area contributed by atoms with Gasteiger partial charge in [0.05, 0.1) is 6.54 Å². The van der Waals surface area contributed by atoms with Crippen molar-refractivity contribution in [3.63, 3.8) is 0 Å². The van der Waals surface area contributed by atoms with Crippen LogP contribution >= 0.6 is 0 Å². The molecule has 6 heteroatoms. The summed E-state index contributed by atoms with van der Waals surface area (Å²) in [5, 5.41) is 0. The molecule has 124 valence electrons. The number of hydrogen-bond acceptors (Lipinski definition) is 2. The minimum atomic E-state index is -2.98. The lowest BCUT2D eigenvalue weighted by Gasteiger charge is -2.40. The highest BCUT2D eigenvalue weighted by atomic mass is 19.3. The van der Waals surface area contributed by atoms with Crippen LogP contribution in [0.15, 0.2) is 12.1 Å². The summed E-state index contributed by atoms with van der Waals surface area (Å²) in [4.78, 5) is 13.1. The minimum Gasteiger partial charge on any atom is -0.444 e. The first kappa shape index (κ1) is 16.8. The number of halogens is 2. The van der Waals surface area contributed by atoms with Crippen LogP contribution in [0.5, 0.6) is 0 Å². The van der Waals surface area contributed by atoms with Crippen LogP contribution in [0.3, 0.4) is 0 Å². The average molecular weight is 314 g/mol. The van der Waals surface area contributed by atoms with Crippen molar-refractivity contribution in [2.45, 2.75) is 58.6 Å². The molecule has 2 heterocycles. The fraction of sp³-hybridized carbons (Fsp3) is 0.688. The Kier molecular flexibility index (Phi) is 4.24. The zero-order chi connectivity index (χ0) is 16.7. The van der Waals surface area contributed by atoms with Gasteiger partial charge in [0.15, 0.2) is 0 Å². The van der Waals surface area contributed by atoms with E-state index in [9.17, 15) is 13.6 Å². The van der Waals surface area contributed by atoms with Crippen LogP contribution in [0.2, 0.25) is 0 Å². The zero-order valence-corrected chi connectivity index (χ0v) is 13.8. The number of hydrogen-bond donors (Lipinski definition) is 0. The predicted molar refractivity (Wildman–Crippen MR) is 80.3 cm³/mol. The van der Waals surface area contributed by atoms with E-state index in [0.717, 1.165) is 16.3 Å². The molecular weight excluding hydrogens is 290 g/mol. The summed E-state index contributed by atoms with van der Waals surface area (Å²) in [6.07, 6.45) is -0.464. The van der Waals surface area contributed by atoms with Gasteiger partial charge in [0.2, 0.25) is 0 Å². The lowest BCUT2D eigenvalue weighted by Crippen LogP contribution is -2.52. The lowest BCUT2D eigenvalue weighted by atomic mass is 10.00. The molecule has 22 heavy (non-hydrogen) atoms. The summed E-state index contributed by atoms with van der Waals surface area (Å²) in [6.45, 7) is 8.48. The molecule has 1 fully saturated rings. The number of amides is 1. The number of rotatable bonds is 1. The van der Waals surface area contributed by atoms with Gasteiger partial charge >= 0.3 is 6.09 Å². The molecule has 0 N–H and O–H groups in total. The maximum atomic E-state index is 14.6. The molecule has 0 radical (unpaired) electrons. The molecule has 1 aliphatic heterocycles. The van der Waals surface area contributed by atoms with E-state index in [-0.39, 0.29) is 13.0 Å². The molecule has 0 saturated carbocycles. The SMILES string of the molecule is Cc1ccc(C)n1C1CCN(C(=O)OC(C)(C)C)CC1(F)F. The van der Waals surface area contributed by atoms with E-state index in [4.69, 9.17) is 4.74 Å². The molecule has 1 amide bonds. The summed E-state index contributed by atoms with van der Waals surface area (Å²) < 4.78 is 36.0. The quantitative estimate of drug-likeness (QED) is 0.787. The number of nitrogens with zero attached hydrogens (tertiary/aromatic N) is 2. The number of aryl methyl sites for hydroxylation is 2. The molecule has 1 saturated heterocycles. The molecule has 0 aromatic carbocycles. The Hall–Kier alpha value is -1.59. The predicted octanol–water partition coefficient (Wildman–Crippen LogP) is 3.92. The van der Waals surface area contributed by atoms with Crippen LogP contribution < -0.4 is 0 Å². The van der Waals surface area contributed by atoms with Gasteiger partial charge < -0.3 is 14.2 Å². The molecule has 2 rings (SSSR count). The fourth-order valence-electron chi connectivity index (χ4n) is 2.90. The van der Waals surface area contributed by atoms with Crippen LogP contribution in [0.4, 0.5) is 13.6 Å². The Bertz CT molecular complexity index is 541. The van der Waals surface area contributed by atoms with E-state index in [0.29, 0.717) is 0 Å². The number of likely N-dealkylation sites (tertiary alicyclic amines) is 1. The molecule has 1 aliphatic rings. The van der Waals surface area contributed by atoms with Gasteiger partial charge in [-0.1, -0.05) is 0 Å². The summed E-state index contributed by atoms with van der Waals surface area (Å²) >= 11 is 0. The van der Waals surface area contributed by atoms with Gasteiger partial charge in [-0.05, 0) is 53.2 Å². The third-order valence-electron chi connectivity index (χ3n) is 3.85. The second-order valence-corrected chi connectivity index (χ2v) is 6.95. The van der Waals surface area contributed by atoms with Crippen molar-refractivity contribution in [3.8, 4) is 0 Å². The van der Waals surface area contributed by atoms with E-state index >= 15 is 0 Å². The number of carbonyl (C=O) groups excluding carboxylic acids is 1. The van der Waals surface area contributed by atoms with E-state index < -0.39 is 30.2 Å². The molecule has 0 spiro atoms. The van der Waals surface area contributed by atoms with Crippen LogP contribution in [-0.4, -0.2) is 40.2 Å². The normalized spacial score (nSPS) is 21.8. The van der Waals surface area contributed by atoms with E-state index in [2.05, 4.69) is 0 Å². The highest BCUT2D eigenvalue weighted by Gasteiger charge is 2.48. The van der Waals surface area contributed by atoms with Crippen molar-refractivity contribution >= 4 is 6.09 Å². The average Bonchev–Trinajstić information content (AvgIpc) is 2.66. The first-order valence-corrected chi connectivity index (χ1v) is 7.51. The maximum Gasteiger partial charge on any atom is 0.410 e. The molecule has 1 atom stereocenters. The number of ether oxygens (including phenoxy) is 1. The molecule has 0 aliphatic carbocycles. The topological polar surface area (TPSA) is 34.5 Å². The first-order chi connectivity index (χ1) is 10.0. The molecule has 0 bridgehead atoms. The Labute approximate surface area is 130 Å². The number of alkyl halides is 2. The smallest absolute Gasteiger partial charge is 0.410 e. The monoisotopic (exact) mass is 314 g/mol. The summed E-state index contributed by atoms with van der Waals surface area (Å²) in [6, 6.07) is 2.76. The number of aromatic nitrogens is 1. The van der Waals surface area contributed by atoms with E-state index in [1.165, 1.54) is 0 Å². The van der Waals surface area contributed by atoms with Crippen molar-refractivity contribution in [2.75, 3.05) is 13.1 Å². The van der Waals surface area contributed by atoms with Crippen molar-refractivity contribution < 1.29 is 18.3 Å². The van der Waals surface area contributed by atoms with Gasteiger partial charge in [0.25, 0.3) is 5.92 Å². The Morgan fingerprint density at radius 1 is 1.27 bits per heavy atom. The summed E-state index contributed by atoms with van der Waals surface area (Å²) in [5.74, 6) is -2.98. The van der Waals surface area contributed by atoms with Crippen molar-refractivity contribution in [3.05, 3.63) is 23.5 Å². The van der Waals surface area contributed by atoms with Gasteiger partial charge in [0.1, 0.15) is 11.6 Å². The van der Waals surface area contributed by atoms with Crippen LogP contribution in [0.1, 0.15) is 44.6 Å². The van der Waals surface area contributed by atoms with Crippen molar-refractivity contribution in [1.82, 2.24) is 9.47 Å². The van der Waals surface area contributed by atoms with Crippen LogP contribution in [-0.2, 0) is 4.74 Å². The zero-order valence-electron chi connectivity index (χ0n) is 13.8. The third kappa shape index (κ3) is 3.42. The Morgan fingerprint density at radius 3 is 2.27 bits per heavy atom. The van der Waals surface area contributed by atoms with Gasteiger partial charge in [-0.2, -0.15) is 0 Å². The fourth-order valence-corrected chi connectivity index (χ4v) is 2.90. The maximum absolute atomic E-state index is 14.6. The van der Waals surface area contributed by atoms with Gasteiger partial charge in [0, 0.05) is 17.9 Å². The van der Waals surface area contributed by atoms with Crippen molar-refractivity contribution in [1.29, 1.82) is 0 Å². The van der Waals surface area contributed by atoms with Gasteiger partial charge in [-0.25, -0.2) is 13.6 Å². The van der Waals surface area contributed by atoms with Gasteiger partial charge in [-0.15, -0.1) is 0 Å². The van der Waals surface area contributed by atoms with Crippen LogP contribution in [0, 0.1) is 13.8 Å². The third-order valence-corrected chi connectivity index (χ3v) is 3.85. The molecule has 4 nitrogen and oxygen atoms in total. The minimum absolute atomic E-state index is 0.211. The summed E-state index contributed by atoms with van der Waals surface area (Å²) in [7, 11) is 0. The second-order valence-electron chi connectivity index (χ2n) is 6.95. The van der Waals surface area contributed by atoms with Crippen LogP contribution in [0.25, 0.3) is 0 Å². The van der Waals surface area contributed by atoms with Crippen molar-refractivity contribution in [2.24, 2.45) is 0 Å². The largest absolute Gasteiger partial charge is 0.444 e. The molecule has 1 unspecified atom stereocenters. The lowest BCUT2D eigenvalue weighted by molar-refractivity contribution is -0.104. The number of piperidine rings is 1. The molecule has 1 aromatic rings. The highest BCUT2D eigenvalue weighted by Crippen LogP contribution is 2.38.